The minimum absolute atomic E-state index is 0.0226. The molecule has 2 unspecified atom stereocenters. The number of carbonyl (C=O) groups excluding carboxylic acids is 2. The van der Waals surface area contributed by atoms with Crippen molar-refractivity contribution in [2.45, 2.75) is 65.0 Å². The van der Waals surface area contributed by atoms with Crippen molar-refractivity contribution in [1.29, 1.82) is 0 Å². The molecule has 22 heavy (non-hydrogen) atoms. The Bertz CT molecular complexity index is 420. The van der Waals surface area contributed by atoms with Crippen molar-refractivity contribution in [2.24, 2.45) is 5.92 Å². The Morgan fingerprint density at radius 2 is 2.09 bits per heavy atom. The summed E-state index contributed by atoms with van der Waals surface area (Å²) < 4.78 is 0. The van der Waals surface area contributed by atoms with Gasteiger partial charge in [0.2, 0.25) is 0 Å². The standard InChI is InChI=1S/C17H29NO3S/c1-5-8-15(18-21-6-2)17-13(9-12(4)22-7-3)10-14(19)11-16(17)20/h12-13,18H,5-11H2,1-4H3. The molecular formula is C17H29NO3S. The van der Waals surface area contributed by atoms with Crippen LogP contribution in [-0.2, 0) is 14.4 Å². The van der Waals surface area contributed by atoms with Crippen LogP contribution in [0.5, 0.6) is 0 Å². The first kappa shape index (κ1) is 19.2. The van der Waals surface area contributed by atoms with E-state index in [1.165, 1.54) is 0 Å². The molecule has 0 spiro atoms. The third-order valence-electron chi connectivity index (χ3n) is 3.77. The highest BCUT2D eigenvalue weighted by atomic mass is 32.2. The van der Waals surface area contributed by atoms with Gasteiger partial charge < -0.3 is 0 Å². The first-order valence-corrected chi connectivity index (χ1v) is 9.35. The average molecular weight is 327 g/mol. The normalized spacial score (nSPS) is 22.6. The van der Waals surface area contributed by atoms with Crippen LogP contribution in [-0.4, -0.2) is 29.2 Å². The zero-order chi connectivity index (χ0) is 16.5. The van der Waals surface area contributed by atoms with Gasteiger partial charge in [-0.25, -0.2) is 0 Å². The van der Waals surface area contributed by atoms with E-state index in [-0.39, 0.29) is 23.9 Å². The predicted molar refractivity (Wildman–Crippen MR) is 91.6 cm³/mol. The van der Waals surface area contributed by atoms with Gasteiger partial charge in [0.05, 0.1) is 13.0 Å². The Balaban J connectivity index is 3.03. The van der Waals surface area contributed by atoms with Crippen LogP contribution in [0.3, 0.4) is 0 Å². The fraction of sp³-hybridized carbons (Fsp3) is 0.765. The lowest BCUT2D eigenvalue weighted by molar-refractivity contribution is -0.128. The number of hydrogen-bond acceptors (Lipinski definition) is 5. The highest BCUT2D eigenvalue weighted by molar-refractivity contribution is 7.99. The van der Waals surface area contributed by atoms with Crippen molar-refractivity contribution in [3.63, 3.8) is 0 Å². The number of rotatable bonds is 9. The highest BCUT2D eigenvalue weighted by Gasteiger charge is 2.33. The summed E-state index contributed by atoms with van der Waals surface area (Å²) >= 11 is 1.88. The Labute approximate surface area is 138 Å². The Kier molecular flexibility index (Phi) is 8.79. The first-order valence-electron chi connectivity index (χ1n) is 8.30. The molecule has 0 aromatic heterocycles. The maximum Gasteiger partial charge on any atom is 0.168 e. The second-order valence-corrected chi connectivity index (χ2v) is 7.43. The number of nitrogens with one attached hydrogen (secondary N) is 1. The van der Waals surface area contributed by atoms with Crippen LogP contribution >= 0.6 is 11.8 Å². The van der Waals surface area contributed by atoms with E-state index in [0.717, 1.165) is 36.3 Å². The van der Waals surface area contributed by atoms with Gasteiger partial charge in [-0.15, -0.1) is 0 Å². The summed E-state index contributed by atoms with van der Waals surface area (Å²) in [5.41, 5.74) is 4.64. The molecular weight excluding hydrogens is 298 g/mol. The van der Waals surface area contributed by atoms with E-state index in [1.807, 2.05) is 18.7 Å². The van der Waals surface area contributed by atoms with Crippen LogP contribution in [0.2, 0.25) is 0 Å². The summed E-state index contributed by atoms with van der Waals surface area (Å²) in [5.74, 6) is 1.12. The molecule has 1 aliphatic rings. The van der Waals surface area contributed by atoms with E-state index in [1.54, 1.807) is 0 Å². The van der Waals surface area contributed by atoms with E-state index >= 15 is 0 Å². The van der Waals surface area contributed by atoms with E-state index in [9.17, 15) is 9.59 Å². The van der Waals surface area contributed by atoms with E-state index in [0.29, 0.717) is 18.3 Å². The summed E-state index contributed by atoms with van der Waals surface area (Å²) in [7, 11) is 0. The van der Waals surface area contributed by atoms with E-state index in [2.05, 4.69) is 26.3 Å². The summed E-state index contributed by atoms with van der Waals surface area (Å²) in [5, 5.41) is 0.443. The molecule has 0 aromatic carbocycles. The van der Waals surface area contributed by atoms with Gasteiger partial charge in [-0.3, -0.25) is 19.9 Å². The van der Waals surface area contributed by atoms with Crippen LogP contribution in [0.4, 0.5) is 0 Å². The van der Waals surface area contributed by atoms with Crippen molar-refractivity contribution in [3.05, 3.63) is 11.3 Å². The first-order chi connectivity index (χ1) is 10.5. The number of hydroxylamine groups is 1. The fourth-order valence-corrected chi connectivity index (χ4v) is 3.91. The van der Waals surface area contributed by atoms with Crippen LogP contribution in [0.1, 0.15) is 59.8 Å². The summed E-state index contributed by atoms with van der Waals surface area (Å²) in [6.07, 6.45) is 3.11. The second-order valence-electron chi connectivity index (χ2n) is 5.72. The third kappa shape index (κ3) is 5.76. The second kappa shape index (κ2) is 10.1. The monoisotopic (exact) mass is 327 g/mol. The molecule has 0 aliphatic heterocycles. The number of carbonyl (C=O) groups is 2. The number of Topliss-reactive ketones (excluding diaryl/α,β-unsaturated/α-hetero) is 2. The molecule has 4 nitrogen and oxygen atoms in total. The van der Waals surface area contributed by atoms with Gasteiger partial charge in [-0.05, 0) is 31.4 Å². The summed E-state index contributed by atoms with van der Waals surface area (Å²) in [6, 6.07) is 0. The summed E-state index contributed by atoms with van der Waals surface area (Å²) in [6.45, 7) is 8.83. The van der Waals surface area contributed by atoms with Gasteiger partial charge in [-0.2, -0.15) is 11.8 Å². The van der Waals surface area contributed by atoms with Crippen molar-refractivity contribution < 1.29 is 14.4 Å². The van der Waals surface area contributed by atoms with Crippen molar-refractivity contribution in [2.75, 3.05) is 12.4 Å². The minimum atomic E-state index is -0.0226. The maximum atomic E-state index is 12.5. The van der Waals surface area contributed by atoms with Gasteiger partial charge in [0.25, 0.3) is 0 Å². The number of allylic oxidation sites excluding steroid dienone is 2. The molecule has 0 heterocycles. The fourth-order valence-electron chi connectivity index (χ4n) is 2.97. The molecule has 1 saturated carbocycles. The molecule has 0 saturated heterocycles. The van der Waals surface area contributed by atoms with Crippen LogP contribution < -0.4 is 5.48 Å². The van der Waals surface area contributed by atoms with Crippen molar-refractivity contribution in [3.8, 4) is 0 Å². The zero-order valence-electron chi connectivity index (χ0n) is 14.2. The molecule has 0 bridgehead atoms. The molecule has 2 atom stereocenters. The van der Waals surface area contributed by atoms with Crippen LogP contribution in [0.25, 0.3) is 0 Å². The molecule has 1 aliphatic carbocycles. The van der Waals surface area contributed by atoms with Gasteiger partial charge in [0.15, 0.2) is 5.78 Å². The lowest BCUT2D eigenvalue weighted by atomic mass is 9.78. The topological polar surface area (TPSA) is 55.4 Å². The quantitative estimate of drug-likeness (QED) is 0.398. The van der Waals surface area contributed by atoms with Crippen LogP contribution in [0.15, 0.2) is 11.3 Å². The number of hydrogen-bond donors (Lipinski definition) is 1. The highest BCUT2D eigenvalue weighted by Crippen LogP contribution is 2.34. The largest absolute Gasteiger partial charge is 0.299 e. The molecule has 0 radical (unpaired) electrons. The van der Waals surface area contributed by atoms with Gasteiger partial charge >= 0.3 is 0 Å². The average Bonchev–Trinajstić information content (AvgIpc) is 2.44. The Morgan fingerprint density at radius 1 is 1.36 bits per heavy atom. The SMILES string of the molecule is CCCC(NOCC)=C1C(=O)CC(=O)CC1CC(C)SCC. The Hall–Kier alpha value is -0.810. The molecule has 0 amide bonds. The zero-order valence-corrected chi connectivity index (χ0v) is 15.1. The number of thioether (sulfide) groups is 1. The van der Waals surface area contributed by atoms with E-state index < -0.39 is 0 Å². The molecule has 1 rings (SSSR count). The third-order valence-corrected chi connectivity index (χ3v) is 4.87. The lowest BCUT2D eigenvalue weighted by Crippen LogP contribution is -2.31. The molecule has 0 aromatic rings. The van der Waals surface area contributed by atoms with Crippen LogP contribution in [0, 0.1) is 5.92 Å². The van der Waals surface area contributed by atoms with Gasteiger partial charge in [0.1, 0.15) is 5.78 Å². The molecule has 5 heteroatoms. The van der Waals surface area contributed by atoms with Crippen molar-refractivity contribution >= 4 is 23.3 Å². The lowest BCUT2D eigenvalue weighted by Gasteiger charge is -2.28. The maximum absolute atomic E-state index is 12.5. The van der Waals surface area contributed by atoms with Crippen molar-refractivity contribution in [1.82, 2.24) is 5.48 Å². The molecule has 126 valence electrons. The molecule has 1 N–H and O–H groups in total. The van der Waals surface area contributed by atoms with E-state index in [4.69, 9.17) is 4.84 Å². The minimum Gasteiger partial charge on any atom is -0.299 e. The summed E-state index contributed by atoms with van der Waals surface area (Å²) in [4.78, 5) is 29.6. The smallest absolute Gasteiger partial charge is 0.168 e. The van der Waals surface area contributed by atoms with Gasteiger partial charge in [-0.1, -0.05) is 27.2 Å². The number of ketones is 2. The predicted octanol–water partition coefficient (Wildman–Crippen LogP) is 3.66. The Morgan fingerprint density at radius 3 is 2.68 bits per heavy atom. The van der Waals surface area contributed by atoms with Gasteiger partial charge in [0, 0.05) is 22.9 Å². The molecule has 1 fully saturated rings.